The molecule has 0 heterocycles. The van der Waals surface area contributed by atoms with E-state index in [-0.39, 0.29) is 17.0 Å². The smallest absolute Gasteiger partial charge is 0.112 e. The Hall–Kier alpha value is -1.69. The molecule has 0 aliphatic heterocycles. The molecule has 0 aliphatic carbocycles. The fourth-order valence-corrected chi connectivity index (χ4v) is 8.64. The number of benzene rings is 3. The van der Waals surface area contributed by atoms with Crippen LogP contribution in [0.25, 0.3) is 0 Å². The molecule has 0 radical (unpaired) electrons. The van der Waals surface area contributed by atoms with Crippen molar-refractivity contribution in [2.24, 2.45) is 0 Å². The van der Waals surface area contributed by atoms with E-state index in [2.05, 4.69) is 97.6 Å². The van der Waals surface area contributed by atoms with E-state index in [0.29, 0.717) is 0 Å². The molecule has 0 fully saturated rings. The number of hydrogen-bond acceptors (Lipinski definition) is 0. The molecule has 0 spiro atoms. The van der Waals surface area contributed by atoms with E-state index >= 15 is 0 Å². The summed E-state index contributed by atoms with van der Waals surface area (Å²) in [5.74, 6) is 0. The SMILES string of the molecule is C=CCCCCCCCC[P+](c1ccccc1)(c1ccccc1)c1ccccc1.[Br-]. The van der Waals surface area contributed by atoms with Gasteiger partial charge in [-0.15, -0.1) is 6.58 Å². The van der Waals surface area contributed by atoms with Crippen molar-refractivity contribution in [2.45, 2.75) is 44.9 Å². The highest BCUT2D eigenvalue weighted by molar-refractivity contribution is 7.95. The topological polar surface area (TPSA) is 0 Å². The molecule has 0 atom stereocenters. The molecule has 0 unspecified atom stereocenters. The Bertz CT molecular complexity index is 734. The molecule has 2 heteroatoms. The zero-order chi connectivity index (χ0) is 20.2. The minimum atomic E-state index is -1.63. The van der Waals surface area contributed by atoms with Gasteiger partial charge >= 0.3 is 0 Å². The van der Waals surface area contributed by atoms with Gasteiger partial charge in [-0.1, -0.05) is 79.9 Å². The van der Waals surface area contributed by atoms with E-state index in [0.717, 1.165) is 6.42 Å². The van der Waals surface area contributed by atoms with Crippen LogP contribution in [0.3, 0.4) is 0 Å². The monoisotopic (exact) mass is 480 g/mol. The molecule has 0 bridgehead atoms. The van der Waals surface area contributed by atoms with Gasteiger partial charge in [0.1, 0.15) is 23.2 Å². The van der Waals surface area contributed by atoms with Crippen LogP contribution in [0.2, 0.25) is 0 Å². The summed E-state index contributed by atoms with van der Waals surface area (Å²) in [6.07, 6.45) is 12.4. The minimum absolute atomic E-state index is 0. The normalized spacial score (nSPS) is 10.9. The van der Waals surface area contributed by atoms with Gasteiger partial charge in [0, 0.05) is 0 Å². The maximum atomic E-state index is 3.83. The van der Waals surface area contributed by atoms with Crippen molar-refractivity contribution in [2.75, 3.05) is 6.16 Å². The molecular formula is C28H34BrP. The molecule has 0 N–H and O–H groups in total. The third-order valence-corrected chi connectivity index (χ3v) is 10.3. The third kappa shape index (κ3) is 6.40. The lowest BCUT2D eigenvalue weighted by molar-refractivity contribution is -0.00000578. The standard InChI is InChI=1S/C28H34P.BrH/c1-2-3-4-5-6-7-8-18-25-29(26-19-12-9-13-20-26,27-21-14-10-15-22-27)28-23-16-11-17-24-28;/h2,9-17,19-24H,1,3-8,18,25H2;1H/q+1;/p-1. The average molecular weight is 481 g/mol. The van der Waals surface area contributed by atoms with Crippen LogP contribution in [-0.2, 0) is 0 Å². The molecule has 3 rings (SSSR count). The molecule has 3 aromatic carbocycles. The number of rotatable bonds is 12. The molecule has 3 aromatic rings. The molecule has 0 amide bonds. The first-order valence-corrected chi connectivity index (χ1v) is 13.0. The van der Waals surface area contributed by atoms with Crippen LogP contribution in [-0.4, -0.2) is 6.16 Å². The van der Waals surface area contributed by atoms with E-state index in [1.54, 1.807) is 0 Å². The Morgan fingerprint density at radius 1 is 0.533 bits per heavy atom. The van der Waals surface area contributed by atoms with Gasteiger partial charge in [0.05, 0.1) is 6.16 Å². The van der Waals surface area contributed by atoms with Crippen LogP contribution in [0, 0.1) is 0 Å². The van der Waals surface area contributed by atoms with E-state index in [1.807, 2.05) is 6.08 Å². The van der Waals surface area contributed by atoms with Crippen molar-refractivity contribution >= 4 is 23.2 Å². The number of hydrogen-bond donors (Lipinski definition) is 0. The summed E-state index contributed by atoms with van der Waals surface area (Å²) in [6, 6.07) is 33.7. The first-order chi connectivity index (χ1) is 14.4. The zero-order valence-electron chi connectivity index (χ0n) is 17.9. The summed E-state index contributed by atoms with van der Waals surface area (Å²) in [7, 11) is -1.63. The predicted octanol–water partition coefficient (Wildman–Crippen LogP) is 3.90. The molecule has 0 aliphatic rings. The second-order valence-corrected chi connectivity index (χ2v) is 11.4. The highest BCUT2D eigenvalue weighted by Gasteiger charge is 2.44. The summed E-state index contributed by atoms with van der Waals surface area (Å²) in [5, 5.41) is 4.51. The van der Waals surface area contributed by atoms with Gasteiger partial charge in [0.2, 0.25) is 0 Å². The maximum Gasteiger partial charge on any atom is 0.112 e. The van der Waals surface area contributed by atoms with Gasteiger partial charge < -0.3 is 17.0 Å². The summed E-state index contributed by atoms with van der Waals surface area (Å²) in [5.41, 5.74) is 0. The molecule has 0 aromatic heterocycles. The van der Waals surface area contributed by atoms with Crippen molar-refractivity contribution in [3.63, 3.8) is 0 Å². The van der Waals surface area contributed by atoms with Gasteiger partial charge in [-0.3, -0.25) is 0 Å². The number of allylic oxidation sites excluding steroid dienone is 1. The van der Waals surface area contributed by atoms with E-state index in [9.17, 15) is 0 Å². The van der Waals surface area contributed by atoms with Crippen molar-refractivity contribution in [3.05, 3.63) is 104 Å². The third-order valence-electron chi connectivity index (χ3n) is 5.74. The largest absolute Gasteiger partial charge is 1.00 e. The van der Waals surface area contributed by atoms with Gasteiger partial charge in [0.15, 0.2) is 0 Å². The molecule has 0 saturated heterocycles. The van der Waals surface area contributed by atoms with Gasteiger partial charge in [-0.25, -0.2) is 0 Å². The highest BCUT2D eigenvalue weighted by Crippen LogP contribution is 2.55. The van der Waals surface area contributed by atoms with Crippen molar-refractivity contribution in [1.29, 1.82) is 0 Å². The second-order valence-electron chi connectivity index (χ2n) is 7.74. The minimum Gasteiger partial charge on any atom is -1.00 e. The second kappa shape index (κ2) is 13.6. The van der Waals surface area contributed by atoms with Crippen molar-refractivity contribution in [3.8, 4) is 0 Å². The van der Waals surface area contributed by atoms with Gasteiger partial charge in [0.25, 0.3) is 0 Å². The van der Waals surface area contributed by atoms with Crippen molar-refractivity contribution in [1.82, 2.24) is 0 Å². The lowest BCUT2D eigenvalue weighted by Gasteiger charge is -2.27. The van der Waals surface area contributed by atoms with Crippen LogP contribution in [0.15, 0.2) is 104 Å². The first kappa shape index (κ1) is 24.6. The molecule has 0 nitrogen and oxygen atoms in total. The quantitative estimate of drug-likeness (QED) is 0.209. The van der Waals surface area contributed by atoms with Crippen molar-refractivity contribution < 1.29 is 17.0 Å². The Morgan fingerprint density at radius 3 is 1.30 bits per heavy atom. The van der Waals surface area contributed by atoms with Crippen LogP contribution >= 0.6 is 7.26 Å². The van der Waals surface area contributed by atoms with Gasteiger partial charge in [-0.2, -0.15) is 0 Å². The number of unbranched alkanes of at least 4 members (excludes halogenated alkanes) is 6. The zero-order valence-corrected chi connectivity index (χ0v) is 20.4. The van der Waals surface area contributed by atoms with Crippen LogP contribution in [0.5, 0.6) is 0 Å². The fraction of sp³-hybridized carbons (Fsp3) is 0.286. The number of halogens is 1. The van der Waals surface area contributed by atoms with E-state index in [4.69, 9.17) is 0 Å². The summed E-state index contributed by atoms with van der Waals surface area (Å²) >= 11 is 0. The Balaban J connectivity index is 0.00000320. The Labute approximate surface area is 194 Å². The summed E-state index contributed by atoms with van der Waals surface area (Å²) in [6.45, 7) is 3.83. The summed E-state index contributed by atoms with van der Waals surface area (Å²) in [4.78, 5) is 0. The van der Waals surface area contributed by atoms with Gasteiger partial charge in [-0.05, 0) is 62.1 Å². The molecule has 158 valence electrons. The predicted molar refractivity (Wildman–Crippen MR) is 133 cm³/mol. The Kier molecular flexibility index (Phi) is 11.1. The highest BCUT2D eigenvalue weighted by atomic mass is 79.9. The first-order valence-electron chi connectivity index (χ1n) is 11.0. The molecular weight excluding hydrogens is 447 g/mol. The average Bonchev–Trinajstić information content (AvgIpc) is 2.80. The van der Waals surface area contributed by atoms with Crippen LogP contribution < -0.4 is 32.9 Å². The lowest BCUT2D eigenvalue weighted by atomic mass is 10.1. The maximum absolute atomic E-state index is 3.83. The van der Waals surface area contributed by atoms with E-state index in [1.165, 1.54) is 60.6 Å². The Morgan fingerprint density at radius 2 is 0.900 bits per heavy atom. The van der Waals surface area contributed by atoms with Crippen LogP contribution in [0.1, 0.15) is 44.9 Å². The summed E-state index contributed by atoms with van der Waals surface area (Å²) < 4.78 is 0. The lowest BCUT2D eigenvalue weighted by Crippen LogP contribution is -3.00. The molecule has 0 saturated carbocycles. The van der Waals surface area contributed by atoms with Crippen LogP contribution in [0.4, 0.5) is 0 Å². The fourth-order valence-electron chi connectivity index (χ4n) is 4.23. The van der Waals surface area contributed by atoms with E-state index < -0.39 is 7.26 Å². The molecule has 30 heavy (non-hydrogen) atoms.